The number of nitrogens with zero attached hydrogens (tertiary/aromatic N) is 1. The lowest BCUT2D eigenvalue weighted by molar-refractivity contribution is -0.0456. The lowest BCUT2D eigenvalue weighted by Crippen LogP contribution is -2.48. The molecule has 94 valence electrons. The average molecular weight is 229 g/mol. The Morgan fingerprint density at radius 2 is 2.06 bits per heavy atom. The van der Waals surface area contributed by atoms with E-state index in [0.717, 1.165) is 58.5 Å². The Morgan fingerprint density at radius 3 is 2.69 bits per heavy atom. The van der Waals surface area contributed by atoms with Gasteiger partial charge in [-0.15, -0.1) is 0 Å². The molecule has 0 aromatic carbocycles. The van der Waals surface area contributed by atoms with Crippen LogP contribution in [-0.2, 0) is 4.74 Å². The third kappa shape index (κ3) is 2.94. The van der Waals surface area contributed by atoms with Gasteiger partial charge in [0.15, 0.2) is 0 Å². The molecule has 2 rings (SSSR count). The molecular formula is C12H23NO3. The first-order chi connectivity index (χ1) is 7.74. The van der Waals surface area contributed by atoms with Crippen LogP contribution in [-0.4, -0.2) is 60.7 Å². The van der Waals surface area contributed by atoms with Crippen LogP contribution in [0.15, 0.2) is 0 Å². The molecule has 0 spiro atoms. The molecular weight excluding hydrogens is 206 g/mol. The van der Waals surface area contributed by atoms with Crippen LogP contribution >= 0.6 is 0 Å². The van der Waals surface area contributed by atoms with Crippen LogP contribution < -0.4 is 0 Å². The number of aliphatic hydroxyl groups excluding tert-OH is 2. The molecule has 2 fully saturated rings. The highest BCUT2D eigenvalue weighted by molar-refractivity contribution is 4.86. The minimum absolute atomic E-state index is 0.00924. The van der Waals surface area contributed by atoms with Gasteiger partial charge in [-0.25, -0.2) is 0 Å². The van der Waals surface area contributed by atoms with Crippen molar-refractivity contribution in [3.8, 4) is 0 Å². The van der Waals surface area contributed by atoms with Crippen molar-refractivity contribution in [1.29, 1.82) is 0 Å². The Kier molecular flexibility index (Phi) is 4.19. The molecule has 0 aromatic rings. The molecule has 1 atom stereocenters. The zero-order valence-electron chi connectivity index (χ0n) is 9.90. The predicted molar refractivity (Wildman–Crippen MR) is 61.3 cm³/mol. The second-order valence-corrected chi connectivity index (χ2v) is 5.30. The van der Waals surface area contributed by atoms with Crippen LogP contribution in [0.4, 0.5) is 0 Å². The molecule has 0 aliphatic carbocycles. The molecule has 4 heteroatoms. The van der Waals surface area contributed by atoms with Crippen molar-refractivity contribution < 1.29 is 14.9 Å². The Balaban J connectivity index is 1.89. The largest absolute Gasteiger partial charge is 0.396 e. The molecule has 0 saturated carbocycles. The molecule has 2 N–H and O–H groups in total. The van der Waals surface area contributed by atoms with Crippen LogP contribution in [0.1, 0.15) is 25.7 Å². The van der Waals surface area contributed by atoms with Crippen LogP contribution in [0.5, 0.6) is 0 Å². The van der Waals surface area contributed by atoms with E-state index in [4.69, 9.17) is 4.74 Å². The highest BCUT2D eigenvalue weighted by atomic mass is 16.5. The van der Waals surface area contributed by atoms with Crippen molar-refractivity contribution in [2.75, 3.05) is 39.5 Å². The first-order valence-electron chi connectivity index (χ1n) is 6.33. The number of aliphatic hydroxyl groups is 2. The van der Waals surface area contributed by atoms with Crippen LogP contribution in [0.25, 0.3) is 0 Å². The Hall–Kier alpha value is -0.160. The number of ether oxygens (including phenoxy) is 1. The van der Waals surface area contributed by atoms with E-state index in [1.165, 1.54) is 0 Å². The third-order valence-electron chi connectivity index (χ3n) is 3.93. The fourth-order valence-electron chi connectivity index (χ4n) is 2.82. The van der Waals surface area contributed by atoms with Gasteiger partial charge in [-0.3, -0.25) is 0 Å². The fraction of sp³-hybridized carbons (Fsp3) is 1.00. The molecule has 2 aliphatic heterocycles. The number of rotatable bonds is 3. The Labute approximate surface area is 97.2 Å². The molecule has 16 heavy (non-hydrogen) atoms. The van der Waals surface area contributed by atoms with Crippen molar-refractivity contribution in [3.05, 3.63) is 0 Å². The summed E-state index contributed by atoms with van der Waals surface area (Å²) in [5, 5.41) is 19.2. The number of likely N-dealkylation sites (tertiary alicyclic amines) is 1. The van der Waals surface area contributed by atoms with Crippen molar-refractivity contribution in [1.82, 2.24) is 4.90 Å². The van der Waals surface area contributed by atoms with E-state index in [0.29, 0.717) is 0 Å². The highest BCUT2D eigenvalue weighted by Gasteiger charge is 2.34. The predicted octanol–water partition coefficient (Wildman–Crippen LogP) is 0.232. The average Bonchev–Trinajstić information content (AvgIpc) is 2.30. The van der Waals surface area contributed by atoms with Gasteiger partial charge < -0.3 is 19.8 Å². The maximum atomic E-state index is 9.64. The molecule has 0 bridgehead atoms. The summed E-state index contributed by atoms with van der Waals surface area (Å²) in [7, 11) is 0. The lowest BCUT2D eigenvalue weighted by atomic mass is 9.80. The van der Waals surface area contributed by atoms with Crippen molar-refractivity contribution in [2.24, 2.45) is 5.41 Å². The third-order valence-corrected chi connectivity index (χ3v) is 3.93. The quantitative estimate of drug-likeness (QED) is 0.727. The first-order valence-corrected chi connectivity index (χ1v) is 6.33. The Bertz CT molecular complexity index is 216. The van der Waals surface area contributed by atoms with E-state index in [9.17, 15) is 10.2 Å². The summed E-state index contributed by atoms with van der Waals surface area (Å²) in [6.45, 7) is 4.49. The monoisotopic (exact) mass is 229 g/mol. The van der Waals surface area contributed by atoms with Gasteiger partial charge in [0, 0.05) is 31.7 Å². The zero-order valence-corrected chi connectivity index (χ0v) is 9.90. The van der Waals surface area contributed by atoms with Crippen molar-refractivity contribution in [2.45, 2.75) is 31.8 Å². The minimum Gasteiger partial charge on any atom is -0.396 e. The fourth-order valence-corrected chi connectivity index (χ4v) is 2.82. The normalized spacial score (nSPS) is 31.5. The van der Waals surface area contributed by atoms with Gasteiger partial charge in [-0.2, -0.15) is 0 Å². The SMILES string of the molecule is OCC1(CN2CCCC(O)C2)CCOCC1. The van der Waals surface area contributed by atoms with Crippen molar-refractivity contribution in [3.63, 3.8) is 0 Å². The van der Waals surface area contributed by atoms with E-state index >= 15 is 0 Å². The minimum atomic E-state index is -0.177. The van der Waals surface area contributed by atoms with E-state index < -0.39 is 0 Å². The van der Waals surface area contributed by atoms with Crippen LogP contribution in [0.2, 0.25) is 0 Å². The molecule has 1 unspecified atom stereocenters. The van der Waals surface area contributed by atoms with Gasteiger partial charge in [0.1, 0.15) is 0 Å². The van der Waals surface area contributed by atoms with Gasteiger partial charge in [-0.05, 0) is 32.2 Å². The number of piperidine rings is 1. The van der Waals surface area contributed by atoms with E-state index in [2.05, 4.69) is 4.90 Å². The lowest BCUT2D eigenvalue weighted by Gasteiger charge is -2.41. The van der Waals surface area contributed by atoms with Crippen molar-refractivity contribution >= 4 is 0 Å². The van der Waals surface area contributed by atoms with Gasteiger partial charge in [0.2, 0.25) is 0 Å². The highest BCUT2D eigenvalue weighted by Crippen LogP contribution is 2.31. The molecule has 0 aromatic heterocycles. The number of hydrogen-bond acceptors (Lipinski definition) is 4. The number of β-amino-alcohol motifs (C(OH)–C–C–N with tert-alkyl or cyclic N) is 1. The van der Waals surface area contributed by atoms with Crippen LogP contribution in [0, 0.1) is 5.41 Å². The second-order valence-electron chi connectivity index (χ2n) is 5.30. The van der Waals surface area contributed by atoms with E-state index in [-0.39, 0.29) is 18.1 Å². The van der Waals surface area contributed by atoms with E-state index in [1.807, 2.05) is 0 Å². The first kappa shape index (κ1) is 12.3. The maximum Gasteiger partial charge on any atom is 0.0667 e. The zero-order chi connectivity index (χ0) is 11.4. The summed E-state index contributed by atoms with van der Waals surface area (Å²) in [5.41, 5.74) is 0.00924. The summed E-state index contributed by atoms with van der Waals surface area (Å²) in [6.07, 6.45) is 3.70. The van der Waals surface area contributed by atoms with Crippen LogP contribution in [0.3, 0.4) is 0 Å². The topological polar surface area (TPSA) is 52.9 Å². The molecule has 2 aliphatic rings. The summed E-state index contributed by atoms with van der Waals surface area (Å²) in [6, 6.07) is 0. The Morgan fingerprint density at radius 1 is 1.31 bits per heavy atom. The smallest absolute Gasteiger partial charge is 0.0667 e. The van der Waals surface area contributed by atoms with Gasteiger partial charge in [0.25, 0.3) is 0 Å². The number of hydrogen-bond donors (Lipinski definition) is 2. The summed E-state index contributed by atoms with van der Waals surface area (Å²) in [4.78, 5) is 2.30. The second kappa shape index (κ2) is 5.45. The van der Waals surface area contributed by atoms with Gasteiger partial charge in [-0.1, -0.05) is 0 Å². The molecule has 2 heterocycles. The molecule has 0 radical (unpaired) electrons. The summed E-state index contributed by atoms with van der Waals surface area (Å²) < 4.78 is 5.36. The molecule has 2 saturated heterocycles. The standard InChI is InChI=1S/C12H23NO3/c14-10-12(3-6-16-7-4-12)9-13-5-1-2-11(15)8-13/h11,14-15H,1-10H2. The maximum absolute atomic E-state index is 9.64. The van der Waals surface area contributed by atoms with E-state index in [1.54, 1.807) is 0 Å². The summed E-state index contributed by atoms with van der Waals surface area (Å²) >= 11 is 0. The molecule has 4 nitrogen and oxygen atoms in total. The summed E-state index contributed by atoms with van der Waals surface area (Å²) in [5.74, 6) is 0. The molecule has 0 amide bonds. The van der Waals surface area contributed by atoms with Gasteiger partial charge in [0.05, 0.1) is 12.7 Å². The van der Waals surface area contributed by atoms with Gasteiger partial charge >= 0.3 is 0 Å².